The summed E-state index contributed by atoms with van der Waals surface area (Å²) < 4.78 is 9.65. The molecule has 1 rings (SSSR count). The molecule has 92 valence electrons. The number of esters is 1. The second-order valence-corrected chi connectivity index (χ2v) is 3.95. The van der Waals surface area contributed by atoms with Gasteiger partial charge in [0.2, 0.25) is 5.91 Å². The van der Waals surface area contributed by atoms with E-state index >= 15 is 0 Å². The van der Waals surface area contributed by atoms with Gasteiger partial charge in [-0.1, -0.05) is 0 Å². The van der Waals surface area contributed by atoms with Crippen LogP contribution in [0.4, 0.5) is 0 Å². The third-order valence-electron chi connectivity index (χ3n) is 2.75. The molecular weight excluding hydrogens is 210 g/mol. The van der Waals surface area contributed by atoms with E-state index in [0.29, 0.717) is 12.5 Å². The van der Waals surface area contributed by atoms with Crippen LogP contribution in [0.5, 0.6) is 0 Å². The summed E-state index contributed by atoms with van der Waals surface area (Å²) in [6.07, 6.45) is 2.89. The minimum atomic E-state index is -0.497. The van der Waals surface area contributed by atoms with Crippen LogP contribution < -0.4 is 5.32 Å². The molecule has 0 aromatic rings. The number of nitrogens with one attached hydrogen (secondary N) is 1. The molecule has 0 saturated carbocycles. The van der Waals surface area contributed by atoms with E-state index in [1.807, 2.05) is 0 Å². The number of carbonyl (C=O) groups excluding carboxylic acids is 2. The molecule has 1 heterocycles. The number of hydrogen-bond acceptors (Lipinski definition) is 4. The maximum absolute atomic E-state index is 11.2. The number of amides is 1. The summed E-state index contributed by atoms with van der Waals surface area (Å²) in [5.74, 6) is -0.130. The average Bonchev–Trinajstić information content (AvgIpc) is 2.30. The van der Waals surface area contributed by atoms with E-state index in [4.69, 9.17) is 4.74 Å². The molecule has 0 aliphatic carbocycles. The summed E-state index contributed by atoms with van der Waals surface area (Å²) in [4.78, 5) is 22.0. The van der Waals surface area contributed by atoms with Crippen LogP contribution in [0.15, 0.2) is 0 Å². The maximum atomic E-state index is 11.2. The van der Waals surface area contributed by atoms with Gasteiger partial charge in [-0.05, 0) is 25.2 Å². The predicted octanol–water partition coefficient (Wildman–Crippen LogP) is 0.482. The van der Waals surface area contributed by atoms with Gasteiger partial charge in [-0.25, -0.2) is 0 Å². The van der Waals surface area contributed by atoms with Crippen molar-refractivity contribution in [1.82, 2.24) is 5.32 Å². The highest BCUT2D eigenvalue weighted by atomic mass is 16.5. The summed E-state index contributed by atoms with van der Waals surface area (Å²) in [5.41, 5.74) is 0. The zero-order chi connectivity index (χ0) is 11.8. The van der Waals surface area contributed by atoms with Crippen molar-refractivity contribution < 1.29 is 19.1 Å². The van der Waals surface area contributed by atoms with E-state index in [1.165, 1.54) is 7.11 Å². The van der Waals surface area contributed by atoms with Crippen LogP contribution in [0.1, 0.15) is 25.7 Å². The van der Waals surface area contributed by atoms with Crippen molar-refractivity contribution in [3.8, 4) is 0 Å². The molecule has 1 aliphatic rings. The Morgan fingerprint density at radius 3 is 2.69 bits per heavy atom. The molecule has 0 radical (unpaired) electrons. The van der Waals surface area contributed by atoms with Crippen molar-refractivity contribution in [2.75, 3.05) is 26.9 Å². The second-order valence-electron chi connectivity index (χ2n) is 3.95. The first-order chi connectivity index (χ1) is 7.72. The quantitative estimate of drug-likeness (QED) is 0.550. The molecule has 1 saturated heterocycles. The van der Waals surface area contributed by atoms with E-state index in [-0.39, 0.29) is 12.3 Å². The molecule has 0 atom stereocenters. The van der Waals surface area contributed by atoms with Crippen molar-refractivity contribution in [2.45, 2.75) is 25.7 Å². The van der Waals surface area contributed by atoms with Crippen LogP contribution in [-0.2, 0) is 19.1 Å². The van der Waals surface area contributed by atoms with Gasteiger partial charge < -0.3 is 14.8 Å². The Kier molecular flexibility index (Phi) is 5.85. The third kappa shape index (κ3) is 5.11. The van der Waals surface area contributed by atoms with Gasteiger partial charge in [0, 0.05) is 19.8 Å². The van der Waals surface area contributed by atoms with Crippen LogP contribution in [-0.4, -0.2) is 38.7 Å². The zero-order valence-electron chi connectivity index (χ0n) is 9.66. The first-order valence-corrected chi connectivity index (χ1v) is 5.63. The minimum Gasteiger partial charge on any atom is -0.469 e. The summed E-state index contributed by atoms with van der Waals surface area (Å²) in [5, 5.41) is 2.71. The zero-order valence-corrected chi connectivity index (χ0v) is 9.66. The van der Waals surface area contributed by atoms with Crippen molar-refractivity contribution in [2.24, 2.45) is 5.92 Å². The Hall–Kier alpha value is -1.10. The molecule has 1 fully saturated rings. The Morgan fingerprint density at radius 2 is 2.06 bits per heavy atom. The number of ether oxygens (including phenoxy) is 2. The first-order valence-electron chi connectivity index (χ1n) is 5.63. The fraction of sp³-hybridized carbons (Fsp3) is 0.818. The normalized spacial score (nSPS) is 16.8. The predicted molar refractivity (Wildman–Crippen MR) is 57.8 cm³/mol. The fourth-order valence-electron chi connectivity index (χ4n) is 1.72. The number of rotatable bonds is 5. The van der Waals surface area contributed by atoms with Gasteiger partial charge in [0.05, 0.1) is 7.11 Å². The topological polar surface area (TPSA) is 64.6 Å². The smallest absolute Gasteiger partial charge is 0.315 e. The van der Waals surface area contributed by atoms with Crippen LogP contribution in [0.3, 0.4) is 0 Å². The van der Waals surface area contributed by atoms with Crippen LogP contribution in [0.2, 0.25) is 0 Å². The summed E-state index contributed by atoms with van der Waals surface area (Å²) in [6.45, 7) is 2.27. The van der Waals surface area contributed by atoms with E-state index < -0.39 is 5.97 Å². The highest BCUT2D eigenvalue weighted by Crippen LogP contribution is 2.17. The van der Waals surface area contributed by atoms with Crippen molar-refractivity contribution >= 4 is 11.9 Å². The molecule has 1 N–H and O–H groups in total. The lowest BCUT2D eigenvalue weighted by Gasteiger charge is -2.21. The summed E-state index contributed by atoms with van der Waals surface area (Å²) in [6, 6.07) is 0. The molecule has 0 aromatic carbocycles. The molecule has 0 spiro atoms. The number of hydrogen-bond donors (Lipinski definition) is 1. The molecular formula is C11H19NO4. The van der Waals surface area contributed by atoms with Crippen molar-refractivity contribution in [3.63, 3.8) is 0 Å². The SMILES string of the molecule is COC(=O)CC(=O)NCCC1CCOCC1. The van der Waals surface area contributed by atoms with Crippen LogP contribution >= 0.6 is 0 Å². The lowest BCUT2D eigenvalue weighted by molar-refractivity contribution is -0.143. The standard InChI is InChI=1S/C11H19NO4/c1-15-11(14)8-10(13)12-5-2-9-3-6-16-7-4-9/h9H,2-8H2,1H3,(H,12,13). The molecule has 1 aliphatic heterocycles. The van der Waals surface area contributed by atoms with Crippen LogP contribution in [0.25, 0.3) is 0 Å². The molecule has 1 amide bonds. The van der Waals surface area contributed by atoms with Crippen LogP contribution in [0, 0.1) is 5.92 Å². The van der Waals surface area contributed by atoms with Gasteiger partial charge in [-0.2, -0.15) is 0 Å². The Bertz CT molecular complexity index is 236. The van der Waals surface area contributed by atoms with Gasteiger partial charge in [0.1, 0.15) is 6.42 Å². The van der Waals surface area contributed by atoms with Gasteiger partial charge >= 0.3 is 5.97 Å². The van der Waals surface area contributed by atoms with E-state index in [2.05, 4.69) is 10.1 Å². The monoisotopic (exact) mass is 229 g/mol. The average molecular weight is 229 g/mol. The lowest BCUT2D eigenvalue weighted by Crippen LogP contribution is -2.29. The van der Waals surface area contributed by atoms with Crippen molar-refractivity contribution in [3.05, 3.63) is 0 Å². The summed E-state index contributed by atoms with van der Waals surface area (Å²) >= 11 is 0. The van der Waals surface area contributed by atoms with E-state index in [9.17, 15) is 9.59 Å². The highest BCUT2D eigenvalue weighted by molar-refractivity contribution is 5.94. The fourth-order valence-corrected chi connectivity index (χ4v) is 1.72. The molecule has 5 nitrogen and oxygen atoms in total. The van der Waals surface area contributed by atoms with Gasteiger partial charge in [-0.15, -0.1) is 0 Å². The Balaban J connectivity index is 2.05. The molecule has 16 heavy (non-hydrogen) atoms. The Morgan fingerprint density at radius 1 is 1.38 bits per heavy atom. The van der Waals surface area contributed by atoms with Crippen molar-refractivity contribution in [1.29, 1.82) is 0 Å². The van der Waals surface area contributed by atoms with Gasteiger partial charge in [0.15, 0.2) is 0 Å². The molecule has 0 unspecified atom stereocenters. The second kappa shape index (κ2) is 7.22. The minimum absolute atomic E-state index is 0.190. The largest absolute Gasteiger partial charge is 0.469 e. The maximum Gasteiger partial charge on any atom is 0.315 e. The van der Waals surface area contributed by atoms with Gasteiger partial charge in [-0.3, -0.25) is 9.59 Å². The lowest BCUT2D eigenvalue weighted by atomic mass is 9.97. The molecule has 0 aromatic heterocycles. The summed E-state index contributed by atoms with van der Waals surface area (Å²) in [7, 11) is 1.28. The third-order valence-corrected chi connectivity index (χ3v) is 2.75. The first kappa shape index (κ1) is 13.0. The number of methoxy groups -OCH3 is 1. The molecule has 0 bridgehead atoms. The highest BCUT2D eigenvalue weighted by Gasteiger charge is 2.14. The van der Waals surface area contributed by atoms with E-state index in [1.54, 1.807) is 0 Å². The van der Waals surface area contributed by atoms with E-state index in [0.717, 1.165) is 32.5 Å². The Labute approximate surface area is 95.5 Å². The van der Waals surface area contributed by atoms with Gasteiger partial charge in [0.25, 0.3) is 0 Å². The molecule has 5 heteroatoms. The number of carbonyl (C=O) groups is 2.